The van der Waals surface area contributed by atoms with Crippen LogP contribution in [-0.2, 0) is 34.5 Å². The first-order valence-electron chi connectivity index (χ1n) is 10.2. The molecule has 0 aliphatic heterocycles. The molecule has 32 heavy (non-hydrogen) atoms. The quantitative estimate of drug-likeness (QED) is 0.383. The smallest absolute Gasteiger partial charge is 0.337 e. The molecule has 0 aliphatic rings. The first kappa shape index (κ1) is 22.0. The Kier molecular flexibility index (Phi) is 6.04. The second kappa shape index (κ2) is 8.76. The van der Waals surface area contributed by atoms with E-state index in [0.717, 1.165) is 27.7 Å². The zero-order valence-corrected chi connectivity index (χ0v) is 19.3. The van der Waals surface area contributed by atoms with Crippen molar-refractivity contribution >= 4 is 28.5 Å². The van der Waals surface area contributed by atoms with Crippen LogP contribution in [0, 0.1) is 0 Å². The fourth-order valence-electron chi connectivity index (χ4n) is 3.63. The topological polar surface area (TPSA) is 71.2 Å². The molecule has 4 aromatic rings. The maximum absolute atomic E-state index is 12.0. The number of aryl methyl sites for hydroxylation is 1. The van der Waals surface area contributed by atoms with Gasteiger partial charge >= 0.3 is 5.97 Å². The lowest BCUT2D eigenvalue weighted by Gasteiger charge is -2.21. The zero-order chi connectivity index (χ0) is 22.9. The summed E-state index contributed by atoms with van der Waals surface area (Å²) in [4.78, 5) is 12.0. The number of halogens is 1. The Morgan fingerprint density at radius 2 is 1.94 bits per heavy atom. The molecule has 0 N–H and O–H groups in total. The van der Waals surface area contributed by atoms with E-state index in [1.165, 1.54) is 7.11 Å². The van der Waals surface area contributed by atoms with E-state index in [4.69, 9.17) is 26.2 Å². The number of methoxy groups -OCH3 is 1. The van der Waals surface area contributed by atoms with Crippen LogP contribution in [-0.4, -0.2) is 38.2 Å². The van der Waals surface area contributed by atoms with E-state index in [2.05, 4.69) is 5.10 Å². The Labute approximate surface area is 191 Å². The van der Waals surface area contributed by atoms with Gasteiger partial charge in [-0.1, -0.05) is 41.9 Å². The molecule has 0 unspecified atom stereocenters. The number of aromatic nitrogens is 4. The summed E-state index contributed by atoms with van der Waals surface area (Å²) in [6.45, 7) is 4.01. The summed E-state index contributed by atoms with van der Waals surface area (Å²) in [6.07, 6.45) is 1.86. The van der Waals surface area contributed by atoms with Crippen LogP contribution >= 0.6 is 11.6 Å². The molecule has 0 aliphatic carbocycles. The Bertz CT molecular complexity index is 1280. The standard InChI is InChI=1S/C24H25ClN4O3/c1-24(2,23(30)31-4)32-15-17-12-22(18-9-7-11-21-19(18)13-26-28(21)3)29(27-17)14-16-8-5-6-10-20(16)25/h5-13H,14-15H2,1-4H3. The van der Waals surface area contributed by atoms with Crippen molar-refractivity contribution in [1.29, 1.82) is 0 Å². The molecule has 2 aromatic heterocycles. The van der Waals surface area contributed by atoms with Gasteiger partial charge in [-0.25, -0.2) is 4.79 Å². The van der Waals surface area contributed by atoms with E-state index in [9.17, 15) is 4.79 Å². The number of benzene rings is 2. The van der Waals surface area contributed by atoms with Gasteiger partial charge in [-0.05, 0) is 37.6 Å². The number of esters is 1. The molecule has 0 atom stereocenters. The summed E-state index contributed by atoms with van der Waals surface area (Å²) in [6, 6.07) is 15.8. The van der Waals surface area contributed by atoms with Crippen LogP contribution in [0.25, 0.3) is 22.2 Å². The maximum Gasteiger partial charge on any atom is 0.337 e. The highest BCUT2D eigenvalue weighted by molar-refractivity contribution is 6.31. The zero-order valence-electron chi connectivity index (χ0n) is 18.5. The third-order valence-corrected chi connectivity index (χ3v) is 5.80. The Hall–Kier alpha value is -3.16. The van der Waals surface area contributed by atoms with Crippen LogP contribution in [0.2, 0.25) is 5.02 Å². The minimum absolute atomic E-state index is 0.160. The van der Waals surface area contributed by atoms with Gasteiger partial charge in [0.05, 0.1) is 43.4 Å². The molecule has 0 fully saturated rings. The highest BCUT2D eigenvalue weighted by Gasteiger charge is 2.30. The monoisotopic (exact) mass is 452 g/mol. The summed E-state index contributed by atoms with van der Waals surface area (Å²) >= 11 is 6.42. The molecule has 166 valence electrons. The summed E-state index contributed by atoms with van der Waals surface area (Å²) in [5, 5.41) is 10.9. The fraction of sp³-hybridized carbons (Fsp3) is 0.292. The minimum Gasteiger partial charge on any atom is -0.467 e. The van der Waals surface area contributed by atoms with Crippen molar-refractivity contribution in [1.82, 2.24) is 19.6 Å². The van der Waals surface area contributed by atoms with Gasteiger partial charge in [0.15, 0.2) is 5.60 Å². The van der Waals surface area contributed by atoms with E-state index >= 15 is 0 Å². The molecule has 0 saturated heterocycles. The molecule has 2 heterocycles. The molecule has 0 spiro atoms. The first-order chi connectivity index (χ1) is 15.3. The predicted molar refractivity (Wildman–Crippen MR) is 123 cm³/mol. The summed E-state index contributed by atoms with van der Waals surface area (Å²) in [7, 11) is 3.26. The number of carbonyl (C=O) groups excluding carboxylic acids is 1. The third kappa shape index (κ3) is 4.26. The van der Waals surface area contributed by atoms with Gasteiger partial charge in [0.25, 0.3) is 0 Å². The van der Waals surface area contributed by atoms with Gasteiger partial charge < -0.3 is 9.47 Å². The van der Waals surface area contributed by atoms with E-state index in [0.29, 0.717) is 17.3 Å². The van der Waals surface area contributed by atoms with Crippen molar-refractivity contribution in [3.8, 4) is 11.3 Å². The largest absolute Gasteiger partial charge is 0.467 e. The number of hydrogen-bond acceptors (Lipinski definition) is 5. The summed E-state index contributed by atoms with van der Waals surface area (Å²) < 4.78 is 14.4. The number of rotatable bonds is 7. The lowest BCUT2D eigenvalue weighted by molar-refractivity contribution is -0.166. The normalized spacial score (nSPS) is 11.8. The number of hydrogen-bond donors (Lipinski definition) is 0. The lowest BCUT2D eigenvalue weighted by atomic mass is 10.1. The molecule has 0 radical (unpaired) electrons. The van der Waals surface area contributed by atoms with Crippen molar-refractivity contribution in [3.05, 3.63) is 71.0 Å². The highest BCUT2D eigenvalue weighted by Crippen LogP contribution is 2.30. The van der Waals surface area contributed by atoms with Crippen molar-refractivity contribution in [3.63, 3.8) is 0 Å². The second-order valence-electron chi connectivity index (χ2n) is 8.07. The summed E-state index contributed by atoms with van der Waals surface area (Å²) in [5.41, 5.74) is 3.53. The minimum atomic E-state index is -1.08. The molecule has 0 amide bonds. The van der Waals surface area contributed by atoms with E-state index in [1.807, 2.05) is 71.1 Å². The number of ether oxygens (including phenoxy) is 2. The van der Waals surface area contributed by atoms with Gasteiger partial charge in [0.1, 0.15) is 0 Å². The van der Waals surface area contributed by atoms with Crippen LogP contribution in [0.15, 0.2) is 54.7 Å². The third-order valence-electron chi connectivity index (χ3n) is 5.43. The van der Waals surface area contributed by atoms with E-state index < -0.39 is 11.6 Å². The molecule has 2 aromatic carbocycles. The molecular weight excluding hydrogens is 428 g/mol. The molecule has 0 bridgehead atoms. The van der Waals surface area contributed by atoms with Gasteiger partial charge in [-0.15, -0.1) is 0 Å². The van der Waals surface area contributed by atoms with Crippen LogP contribution in [0.3, 0.4) is 0 Å². The van der Waals surface area contributed by atoms with E-state index in [-0.39, 0.29) is 6.61 Å². The van der Waals surface area contributed by atoms with Crippen LogP contribution < -0.4 is 0 Å². The Morgan fingerprint density at radius 3 is 2.69 bits per heavy atom. The summed E-state index contributed by atoms with van der Waals surface area (Å²) in [5.74, 6) is -0.437. The molecular formula is C24H25ClN4O3. The van der Waals surface area contributed by atoms with Crippen molar-refractivity contribution in [2.24, 2.45) is 7.05 Å². The Balaban J connectivity index is 1.75. The molecule has 7 nitrogen and oxygen atoms in total. The average molecular weight is 453 g/mol. The van der Waals surface area contributed by atoms with Gasteiger partial charge in [0, 0.05) is 23.0 Å². The lowest BCUT2D eigenvalue weighted by Crippen LogP contribution is -2.35. The predicted octanol–water partition coefficient (Wildman–Crippen LogP) is 4.61. The number of nitrogens with zero attached hydrogens (tertiary/aromatic N) is 4. The molecule has 8 heteroatoms. The maximum atomic E-state index is 12.0. The van der Waals surface area contributed by atoms with Gasteiger partial charge in [-0.3, -0.25) is 9.36 Å². The SMILES string of the molecule is COC(=O)C(C)(C)OCc1cc(-c2cccc3c2cnn3C)n(Cc2ccccc2Cl)n1. The van der Waals surface area contributed by atoms with Crippen molar-refractivity contribution < 1.29 is 14.3 Å². The van der Waals surface area contributed by atoms with Crippen LogP contribution in [0.5, 0.6) is 0 Å². The molecule has 4 rings (SSSR count). The second-order valence-corrected chi connectivity index (χ2v) is 8.47. The van der Waals surface area contributed by atoms with Crippen LogP contribution in [0.1, 0.15) is 25.1 Å². The van der Waals surface area contributed by atoms with Gasteiger partial charge in [-0.2, -0.15) is 10.2 Å². The fourth-order valence-corrected chi connectivity index (χ4v) is 3.82. The molecule has 0 saturated carbocycles. The van der Waals surface area contributed by atoms with Gasteiger partial charge in [0.2, 0.25) is 0 Å². The van der Waals surface area contributed by atoms with Crippen molar-refractivity contribution in [2.45, 2.75) is 32.6 Å². The Morgan fingerprint density at radius 1 is 1.16 bits per heavy atom. The highest BCUT2D eigenvalue weighted by atomic mass is 35.5. The number of carbonyl (C=O) groups is 1. The van der Waals surface area contributed by atoms with Crippen molar-refractivity contribution in [2.75, 3.05) is 7.11 Å². The number of fused-ring (bicyclic) bond motifs is 1. The van der Waals surface area contributed by atoms with E-state index in [1.54, 1.807) is 13.8 Å². The first-order valence-corrected chi connectivity index (χ1v) is 10.6. The average Bonchev–Trinajstić information content (AvgIpc) is 3.37. The van der Waals surface area contributed by atoms with Crippen LogP contribution in [0.4, 0.5) is 0 Å².